The van der Waals surface area contributed by atoms with Crippen LogP contribution in [0.3, 0.4) is 0 Å². The summed E-state index contributed by atoms with van der Waals surface area (Å²) < 4.78 is 23.0. The van der Waals surface area contributed by atoms with E-state index in [2.05, 4.69) is 31.3 Å². The van der Waals surface area contributed by atoms with E-state index < -0.39 is 86.8 Å². The van der Waals surface area contributed by atoms with E-state index in [0.717, 1.165) is 51.4 Å². The molecule has 1 amide bonds. The molecular formula is C77H149NO13. The fourth-order valence-electron chi connectivity index (χ4n) is 13.5. The van der Waals surface area contributed by atoms with Crippen LogP contribution < -0.4 is 5.32 Å². The summed E-state index contributed by atoms with van der Waals surface area (Å²) in [6.45, 7) is 2.94. The average Bonchev–Trinajstić information content (AvgIpc) is 1.07. The van der Waals surface area contributed by atoms with Crippen molar-refractivity contribution in [1.29, 1.82) is 0 Å². The number of ether oxygens (including phenoxy) is 4. The molecule has 0 aliphatic carbocycles. The van der Waals surface area contributed by atoms with Crippen LogP contribution in [0.25, 0.3) is 0 Å². The summed E-state index contributed by atoms with van der Waals surface area (Å²) in [6, 6.07) is -0.827. The minimum Gasteiger partial charge on any atom is -0.394 e. The van der Waals surface area contributed by atoms with Crippen LogP contribution in [0.5, 0.6) is 0 Å². The van der Waals surface area contributed by atoms with Crippen LogP contribution in [0.1, 0.15) is 380 Å². The topological polar surface area (TPSA) is 228 Å². The van der Waals surface area contributed by atoms with Crippen molar-refractivity contribution in [2.24, 2.45) is 0 Å². The summed E-state index contributed by atoms with van der Waals surface area (Å²) in [7, 11) is 0. The second-order valence-electron chi connectivity index (χ2n) is 28.2. The van der Waals surface area contributed by atoms with Gasteiger partial charge >= 0.3 is 0 Å². The molecule has 0 aromatic heterocycles. The van der Waals surface area contributed by atoms with E-state index in [1.54, 1.807) is 0 Å². The van der Waals surface area contributed by atoms with Crippen molar-refractivity contribution >= 4 is 5.91 Å². The van der Waals surface area contributed by atoms with Gasteiger partial charge in [-0.25, -0.2) is 0 Å². The molecule has 2 rings (SSSR count). The van der Waals surface area contributed by atoms with Crippen LogP contribution >= 0.6 is 0 Å². The second-order valence-corrected chi connectivity index (χ2v) is 28.2. The number of amides is 1. The standard InChI is InChI=1S/C77H149NO13/c1-3-5-7-9-11-13-15-17-19-21-23-25-27-29-31-32-33-35-36-38-40-42-44-46-48-50-52-54-56-58-60-66(81)65(64-88-76-74(87)72(85)75(68(63-80)90-76)91-77-73(86)71(84)70(83)67(62-79)89-77)78-69(82)61-59-57-55-53-51-49-47-45-43-41-39-37-34-30-28-26-24-22-20-18-16-14-12-10-8-6-4-2/h22,24,65-68,70-77,79-81,83-87H,3-21,23,25-64H2,1-2H3,(H,78,82)/b24-22-. The van der Waals surface area contributed by atoms with E-state index in [4.69, 9.17) is 18.9 Å². The maximum absolute atomic E-state index is 13.4. The molecule has 12 unspecified atom stereocenters. The Balaban J connectivity index is 1.61. The van der Waals surface area contributed by atoms with Crippen molar-refractivity contribution < 1.29 is 64.6 Å². The number of carbonyl (C=O) groups is 1. The van der Waals surface area contributed by atoms with Gasteiger partial charge in [0.25, 0.3) is 0 Å². The fourth-order valence-corrected chi connectivity index (χ4v) is 13.5. The molecule has 540 valence electrons. The highest BCUT2D eigenvalue weighted by atomic mass is 16.7. The smallest absolute Gasteiger partial charge is 0.220 e. The van der Waals surface area contributed by atoms with Gasteiger partial charge in [0, 0.05) is 6.42 Å². The first-order chi connectivity index (χ1) is 44.6. The zero-order chi connectivity index (χ0) is 65.9. The summed E-state index contributed by atoms with van der Waals surface area (Å²) in [5.74, 6) is -0.198. The van der Waals surface area contributed by atoms with Crippen LogP contribution in [0.15, 0.2) is 12.2 Å². The molecule has 2 aliphatic heterocycles. The van der Waals surface area contributed by atoms with Gasteiger partial charge in [-0.15, -0.1) is 0 Å². The molecule has 12 atom stereocenters. The van der Waals surface area contributed by atoms with Gasteiger partial charge in [-0.05, 0) is 38.5 Å². The first kappa shape index (κ1) is 85.8. The quantitative estimate of drug-likeness (QED) is 0.0204. The third-order valence-electron chi connectivity index (χ3n) is 19.7. The van der Waals surface area contributed by atoms with Crippen LogP contribution in [0.2, 0.25) is 0 Å². The molecule has 0 aromatic carbocycles. The molecule has 0 aromatic rings. The van der Waals surface area contributed by atoms with Crippen molar-refractivity contribution in [1.82, 2.24) is 5.32 Å². The number of hydrogen-bond donors (Lipinski definition) is 9. The van der Waals surface area contributed by atoms with Gasteiger partial charge in [-0.1, -0.05) is 347 Å². The van der Waals surface area contributed by atoms with E-state index in [9.17, 15) is 45.6 Å². The number of carbonyl (C=O) groups excluding carboxylic acids is 1. The lowest BCUT2D eigenvalue weighted by Gasteiger charge is -2.46. The lowest BCUT2D eigenvalue weighted by molar-refractivity contribution is -0.359. The van der Waals surface area contributed by atoms with Crippen molar-refractivity contribution in [3.63, 3.8) is 0 Å². The Morgan fingerprint density at radius 1 is 0.385 bits per heavy atom. The minimum atomic E-state index is -1.78. The van der Waals surface area contributed by atoms with Crippen LogP contribution in [-0.4, -0.2) is 140 Å². The van der Waals surface area contributed by atoms with E-state index in [1.165, 1.54) is 302 Å². The molecule has 0 saturated carbocycles. The number of aliphatic hydroxyl groups is 8. The van der Waals surface area contributed by atoms with E-state index in [0.29, 0.717) is 12.8 Å². The molecule has 2 aliphatic rings. The first-order valence-corrected chi connectivity index (χ1v) is 39.4. The van der Waals surface area contributed by atoms with Crippen LogP contribution in [0.4, 0.5) is 0 Å². The number of unbranched alkanes of at least 4 members (excludes halogenated alkanes) is 52. The summed E-state index contributed by atoms with van der Waals surface area (Å²) in [5, 5.41) is 87.8. The molecule has 9 N–H and O–H groups in total. The predicted octanol–water partition coefficient (Wildman–Crippen LogP) is 17.3. The molecule has 14 heteroatoms. The Morgan fingerprint density at radius 3 is 1.04 bits per heavy atom. The Labute approximate surface area is 558 Å². The third kappa shape index (κ3) is 45.8. The number of aliphatic hydroxyl groups excluding tert-OH is 8. The summed E-state index contributed by atoms with van der Waals surface area (Å²) in [6.07, 6.45) is 61.1. The number of allylic oxidation sites excluding steroid dienone is 2. The van der Waals surface area contributed by atoms with Crippen LogP contribution in [-0.2, 0) is 23.7 Å². The lowest BCUT2D eigenvalue weighted by atomic mass is 9.97. The van der Waals surface area contributed by atoms with Gasteiger partial charge < -0.3 is 65.1 Å². The fraction of sp³-hybridized carbons (Fsp3) is 0.961. The highest BCUT2D eigenvalue weighted by Gasteiger charge is 2.51. The molecular weight excluding hydrogens is 1150 g/mol. The minimum absolute atomic E-state index is 0.198. The lowest BCUT2D eigenvalue weighted by Crippen LogP contribution is -2.65. The second kappa shape index (κ2) is 62.3. The van der Waals surface area contributed by atoms with E-state index in [-0.39, 0.29) is 12.5 Å². The zero-order valence-electron chi connectivity index (χ0n) is 59.1. The van der Waals surface area contributed by atoms with Crippen LogP contribution in [0, 0.1) is 0 Å². The van der Waals surface area contributed by atoms with Gasteiger partial charge in [-0.2, -0.15) is 0 Å². The SMILES string of the molecule is CCCCCCCCCC/C=C\CCCCCCCCCCCCCCCCCC(=O)NC(COC1OC(CO)C(OC2OC(CO)C(O)C(O)C2O)C(O)C1O)C(O)CCCCCCCCCCCCCCCCCCCCCCCCCCCCCCCC. The molecule has 2 heterocycles. The van der Waals surface area contributed by atoms with Gasteiger partial charge in [0.15, 0.2) is 12.6 Å². The molecule has 2 saturated heterocycles. The third-order valence-corrected chi connectivity index (χ3v) is 19.7. The van der Waals surface area contributed by atoms with E-state index >= 15 is 0 Å². The highest BCUT2D eigenvalue weighted by Crippen LogP contribution is 2.30. The summed E-state index contributed by atoms with van der Waals surface area (Å²) in [5.41, 5.74) is 0. The monoisotopic (exact) mass is 1300 g/mol. The van der Waals surface area contributed by atoms with Crippen molar-refractivity contribution in [3.8, 4) is 0 Å². The Hall–Kier alpha value is -1.27. The van der Waals surface area contributed by atoms with Gasteiger partial charge in [-0.3, -0.25) is 4.79 Å². The Morgan fingerprint density at radius 2 is 0.692 bits per heavy atom. The first-order valence-electron chi connectivity index (χ1n) is 39.4. The van der Waals surface area contributed by atoms with Gasteiger partial charge in [0.1, 0.15) is 48.8 Å². The molecule has 2 fully saturated rings. The Kier molecular flexibility index (Phi) is 58.7. The molecule has 0 spiro atoms. The average molecular weight is 1300 g/mol. The Bertz CT molecular complexity index is 1570. The largest absolute Gasteiger partial charge is 0.394 e. The summed E-state index contributed by atoms with van der Waals surface area (Å²) in [4.78, 5) is 13.4. The predicted molar refractivity (Wildman–Crippen MR) is 374 cm³/mol. The van der Waals surface area contributed by atoms with E-state index in [1.807, 2.05) is 0 Å². The normalized spacial score (nSPS) is 22.7. The molecule has 0 bridgehead atoms. The maximum atomic E-state index is 13.4. The van der Waals surface area contributed by atoms with Gasteiger partial charge in [0.2, 0.25) is 5.91 Å². The number of nitrogens with one attached hydrogen (secondary N) is 1. The van der Waals surface area contributed by atoms with Gasteiger partial charge in [0.05, 0.1) is 32.0 Å². The molecule has 14 nitrogen and oxygen atoms in total. The summed E-state index contributed by atoms with van der Waals surface area (Å²) >= 11 is 0. The zero-order valence-corrected chi connectivity index (χ0v) is 59.1. The number of hydrogen-bond acceptors (Lipinski definition) is 13. The molecule has 91 heavy (non-hydrogen) atoms. The highest BCUT2D eigenvalue weighted by molar-refractivity contribution is 5.76. The molecule has 0 radical (unpaired) electrons. The number of rotatable bonds is 67. The van der Waals surface area contributed by atoms with Crippen molar-refractivity contribution in [2.75, 3.05) is 19.8 Å². The maximum Gasteiger partial charge on any atom is 0.220 e. The van der Waals surface area contributed by atoms with Crippen molar-refractivity contribution in [2.45, 2.75) is 453 Å². The van der Waals surface area contributed by atoms with Crippen molar-refractivity contribution in [3.05, 3.63) is 12.2 Å².